The summed E-state index contributed by atoms with van der Waals surface area (Å²) < 4.78 is 17.6. The van der Waals surface area contributed by atoms with E-state index in [0.29, 0.717) is 0 Å². The molecule has 0 heterocycles. The Hall–Kier alpha value is -2.64. The number of carboxylic acids is 1. The molecule has 0 bridgehead atoms. The summed E-state index contributed by atoms with van der Waals surface area (Å²) in [5.74, 6) is -2.65. The molecule has 0 aliphatic heterocycles. The molecule has 0 atom stereocenters. The summed E-state index contributed by atoms with van der Waals surface area (Å²) in [5.41, 5.74) is -0.475. The average Bonchev–Trinajstić information content (AvgIpc) is 2.36. The lowest BCUT2D eigenvalue weighted by molar-refractivity contribution is -0.141. The summed E-state index contributed by atoms with van der Waals surface area (Å²) in [6.07, 6.45) is 0. The van der Waals surface area contributed by atoms with Gasteiger partial charge in [-0.25, -0.2) is 14.0 Å². The highest BCUT2D eigenvalue weighted by Gasteiger charge is 2.14. The lowest BCUT2D eigenvalue weighted by Gasteiger charge is -2.09. The van der Waals surface area contributed by atoms with Crippen molar-refractivity contribution in [1.82, 2.24) is 5.32 Å². The number of nitrogens with one attached hydrogen (secondary N) is 2. The van der Waals surface area contributed by atoms with Gasteiger partial charge in [0.2, 0.25) is 0 Å². The normalized spacial score (nSPS) is 9.70. The monoisotopic (exact) mass is 284 g/mol. The molecule has 0 aromatic heterocycles. The number of esters is 1. The van der Waals surface area contributed by atoms with Crippen LogP contribution in [-0.2, 0) is 9.53 Å². The third-order valence-electron chi connectivity index (χ3n) is 2.16. The van der Waals surface area contributed by atoms with Crippen LogP contribution in [0.15, 0.2) is 18.2 Å². The number of hydrogen-bond acceptors (Lipinski definition) is 4. The Labute approximate surface area is 113 Å². The SMILES string of the molecule is CCOC(=O)CNC(=O)Nc1cc(F)ccc1C(=O)O. The number of anilines is 1. The van der Waals surface area contributed by atoms with Crippen molar-refractivity contribution in [3.63, 3.8) is 0 Å². The van der Waals surface area contributed by atoms with Crippen LogP contribution in [-0.4, -0.2) is 36.2 Å². The largest absolute Gasteiger partial charge is 0.478 e. The summed E-state index contributed by atoms with van der Waals surface area (Å²) >= 11 is 0. The van der Waals surface area contributed by atoms with Crippen LogP contribution in [0.5, 0.6) is 0 Å². The first kappa shape index (κ1) is 15.4. The van der Waals surface area contributed by atoms with Crippen molar-refractivity contribution < 1.29 is 28.6 Å². The lowest BCUT2D eigenvalue weighted by atomic mass is 10.2. The van der Waals surface area contributed by atoms with Gasteiger partial charge in [-0.3, -0.25) is 4.79 Å². The van der Waals surface area contributed by atoms with Crippen molar-refractivity contribution in [2.24, 2.45) is 0 Å². The van der Waals surface area contributed by atoms with Gasteiger partial charge >= 0.3 is 18.0 Å². The van der Waals surface area contributed by atoms with Crippen LogP contribution < -0.4 is 10.6 Å². The van der Waals surface area contributed by atoms with E-state index in [2.05, 4.69) is 15.4 Å². The number of amides is 2. The predicted octanol–water partition coefficient (Wildman–Crippen LogP) is 1.21. The number of halogens is 1. The van der Waals surface area contributed by atoms with Gasteiger partial charge in [0.05, 0.1) is 17.9 Å². The Morgan fingerprint density at radius 1 is 1.35 bits per heavy atom. The molecule has 7 nitrogen and oxygen atoms in total. The highest BCUT2D eigenvalue weighted by atomic mass is 19.1. The van der Waals surface area contributed by atoms with E-state index < -0.39 is 23.8 Å². The molecular formula is C12H13FN2O5. The fourth-order valence-electron chi connectivity index (χ4n) is 1.34. The number of aromatic carboxylic acids is 1. The Bertz CT molecular complexity index is 533. The number of rotatable bonds is 5. The number of urea groups is 1. The highest BCUT2D eigenvalue weighted by molar-refractivity contribution is 6.00. The molecule has 0 spiro atoms. The fourth-order valence-corrected chi connectivity index (χ4v) is 1.34. The first-order chi connectivity index (χ1) is 9.43. The van der Waals surface area contributed by atoms with Gasteiger partial charge in [0.15, 0.2) is 0 Å². The Morgan fingerprint density at radius 3 is 2.65 bits per heavy atom. The van der Waals surface area contributed by atoms with Gasteiger partial charge in [0, 0.05) is 0 Å². The van der Waals surface area contributed by atoms with Crippen molar-refractivity contribution in [3.8, 4) is 0 Å². The molecule has 0 saturated carbocycles. The molecular weight excluding hydrogens is 271 g/mol. The molecule has 0 saturated heterocycles. The van der Waals surface area contributed by atoms with Gasteiger partial charge in [-0.05, 0) is 25.1 Å². The maximum atomic E-state index is 13.0. The zero-order valence-electron chi connectivity index (χ0n) is 10.6. The summed E-state index contributed by atoms with van der Waals surface area (Å²) in [6.45, 7) is 1.41. The van der Waals surface area contributed by atoms with Crippen LogP contribution >= 0.6 is 0 Å². The second kappa shape index (κ2) is 7.07. The zero-order chi connectivity index (χ0) is 15.1. The molecule has 20 heavy (non-hydrogen) atoms. The van der Waals surface area contributed by atoms with Gasteiger partial charge in [0.1, 0.15) is 12.4 Å². The van der Waals surface area contributed by atoms with E-state index in [-0.39, 0.29) is 24.4 Å². The minimum Gasteiger partial charge on any atom is -0.478 e. The number of ether oxygens (including phenoxy) is 1. The third kappa shape index (κ3) is 4.56. The smallest absolute Gasteiger partial charge is 0.337 e. The number of hydrogen-bond donors (Lipinski definition) is 3. The zero-order valence-corrected chi connectivity index (χ0v) is 10.6. The molecule has 1 rings (SSSR count). The molecule has 8 heteroatoms. The van der Waals surface area contributed by atoms with Crippen LogP contribution in [0.4, 0.5) is 14.9 Å². The summed E-state index contributed by atoms with van der Waals surface area (Å²) in [5, 5.41) is 13.2. The Morgan fingerprint density at radius 2 is 2.05 bits per heavy atom. The molecule has 0 radical (unpaired) electrons. The molecule has 1 aromatic carbocycles. The molecule has 0 aliphatic carbocycles. The van der Waals surface area contributed by atoms with Gasteiger partial charge in [-0.15, -0.1) is 0 Å². The second-order valence-corrected chi connectivity index (χ2v) is 3.61. The minimum absolute atomic E-state index is 0.176. The van der Waals surface area contributed by atoms with E-state index in [1.807, 2.05) is 0 Å². The van der Waals surface area contributed by atoms with Crippen LogP contribution in [0.3, 0.4) is 0 Å². The first-order valence-electron chi connectivity index (χ1n) is 5.67. The van der Waals surface area contributed by atoms with Crippen molar-refractivity contribution in [3.05, 3.63) is 29.6 Å². The third-order valence-corrected chi connectivity index (χ3v) is 2.16. The number of benzene rings is 1. The van der Waals surface area contributed by atoms with Crippen molar-refractivity contribution in [1.29, 1.82) is 0 Å². The molecule has 108 valence electrons. The topological polar surface area (TPSA) is 105 Å². The van der Waals surface area contributed by atoms with Crippen molar-refractivity contribution in [2.75, 3.05) is 18.5 Å². The second-order valence-electron chi connectivity index (χ2n) is 3.61. The molecule has 0 unspecified atom stereocenters. The van der Waals surface area contributed by atoms with Crippen LogP contribution in [0.2, 0.25) is 0 Å². The predicted molar refractivity (Wildman–Crippen MR) is 67.0 cm³/mol. The maximum Gasteiger partial charge on any atom is 0.337 e. The Balaban J connectivity index is 2.68. The molecule has 2 amide bonds. The van der Waals surface area contributed by atoms with Gasteiger partial charge in [-0.2, -0.15) is 0 Å². The highest BCUT2D eigenvalue weighted by Crippen LogP contribution is 2.17. The molecule has 1 aromatic rings. The van der Waals surface area contributed by atoms with Gasteiger partial charge < -0.3 is 20.5 Å². The van der Waals surface area contributed by atoms with E-state index in [1.54, 1.807) is 6.92 Å². The van der Waals surface area contributed by atoms with E-state index in [1.165, 1.54) is 0 Å². The van der Waals surface area contributed by atoms with Crippen molar-refractivity contribution in [2.45, 2.75) is 6.92 Å². The Kier molecular flexibility index (Phi) is 5.45. The van der Waals surface area contributed by atoms with E-state index in [0.717, 1.165) is 18.2 Å². The fraction of sp³-hybridized carbons (Fsp3) is 0.250. The lowest BCUT2D eigenvalue weighted by Crippen LogP contribution is -2.34. The summed E-state index contributed by atoms with van der Waals surface area (Å²) in [7, 11) is 0. The molecule has 0 aliphatic rings. The van der Waals surface area contributed by atoms with Crippen molar-refractivity contribution >= 4 is 23.7 Å². The van der Waals surface area contributed by atoms with Gasteiger partial charge in [-0.1, -0.05) is 0 Å². The van der Waals surface area contributed by atoms with Crippen LogP contribution in [0, 0.1) is 5.82 Å². The van der Waals surface area contributed by atoms with Gasteiger partial charge in [0.25, 0.3) is 0 Å². The average molecular weight is 284 g/mol. The van der Waals surface area contributed by atoms with E-state index in [9.17, 15) is 18.8 Å². The first-order valence-corrected chi connectivity index (χ1v) is 5.67. The summed E-state index contributed by atoms with van der Waals surface area (Å²) in [4.78, 5) is 33.4. The number of carboxylic acid groups (broad SMARTS) is 1. The number of carbonyl (C=O) groups is 3. The van der Waals surface area contributed by atoms with Crippen LogP contribution in [0.25, 0.3) is 0 Å². The van der Waals surface area contributed by atoms with E-state index >= 15 is 0 Å². The maximum absolute atomic E-state index is 13.0. The standard InChI is InChI=1S/C12H13FN2O5/c1-2-20-10(16)6-14-12(19)15-9-5-7(13)3-4-8(9)11(17)18/h3-5H,2,6H2,1H3,(H,17,18)(H2,14,15,19). The minimum atomic E-state index is -1.31. The molecule has 0 fully saturated rings. The summed E-state index contributed by atoms with van der Waals surface area (Å²) in [6, 6.07) is 2.02. The van der Waals surface area contributed by atoms with E-state index in [4.69, 9.17) is 5.11 Å². The number of carbonyl (C=O) groups excluding carboxylic acids is 2. The van der Waals surface area contributed by atoms with Crippen LogP contribution in [0.1, 0.15) is 17.3 Å². The molecule has 3 N–H and O–H groups in total. The quantitative estimate of drug-likeness (QED) is 0.705.